The first-order valence-corrected chi connectivity index (χ1v) is 8.50. The van der Waals surface area contributed by atoms with Crippen LogP contribution in [-0.4, -0.2) is 11.0 Å². The number of pyridine rings is 1. The summed E-state index contributed by atoms with van der Waals surface area (Å²) in [4.78, 5) is 17.3. The Morgan fingerprint density at radius 3 is 2.69 bits per heavy atom. The predicted molar refractivity (Wildman–Crippen MR) is 94.4 cm³/mol. The van der Waals surface area contributed by atoms with E-state index in [1.807, 2.05) is 42.5 Å². The van der Waals surface area contributed by atoms with Gasteiger partial charge in [-0.25, -0.2) is 9.37 Å². The molecular formula is C21H15FN2O2. The molecule has 0 spiro atoms. The molecular weight excluding hydrogens is 331 g/mol. The molecule has 0 unspecified atom stereocenters. The molecule has 0 saturated carbocycles. The lowest BCUT2D eigenvalue weighted by atomic mass is 9.72. The number of hydrogen-bond acceptors (Lipinski definition) is 4. The molecule has 2 aliphatic heterocycles. The van der Waals surface area contributed by atoms with Crippen molar-refractivity contribution in [2.75, 3.05) is 5.32 Å². The largest absolute Gasteiger partial charge is 0.426 e. The van der Waals surface area contributed by atoms with Gasteiger partial charge in [0.1, 0.15) is 17.4 Å². The Hall–Kier alpha value is -3.21. The van der Waals surface area contributed by atoms with Crippen LogP contribution in [0.1, 0.15) is 28.7 Å². The smallest absolute Gasteiger partial charge is 0.317 e. The van der Waals surface area contributed by atoms with Gasteiger partial charge in [0.15, 0.2) is 0 Å². The Bertz CT molecular complexity index is 1010. The van der Waals surface area contributed by atoms with Crippen molar-refractivity contribution in [3.05, 3.63) is 89.4 Å². The molecule has 3 heterocycles. The second kappa shape index (κ2) is 5.66. The maximum atomic E-state index is 13.9. The number of esters is 1. The number of carbonyl (C=O) groups is 1. The van der Waals surface area contributed by atoms with Gasteiger partial charge in [-0.2, -0.15) is 0 Å². The summed E-state index contributed by atoms with van der Waals surface area (Å²) in [7, 11) is 0. The highest BCUT2D eigenvalue weighted by Crippen LogP contribution is 2.51. The van der Waals surface area contributed by atoms with Crippen molar-refractivity contribution in [3.8, 4) is 5.75 Å². The number of halogens is 1. The van der Waals surface area contributed by atoms with E-state index in [2.05, 4.69) is 10.3 Å². The quantitative estimate of drug-likeness (QED) is 0.533. The van der Waals surface area contributed by atoms with Crippen LogP contribution in [0.3, 0.4) is 0 Å². The van der Waals surface area contributed by atoms with E-state index in [-0.39, 0.29) is 17.7 Å². The molecule has 1 N–H and O–H groups in total. The molecule has 0 amide bonds. The fraction of sp³-hybridized carbons (Fsp3) is 0.143. The zero-order valence-electron chi connectivity index (χ0n) is 13.7. The summed E-state index contributed by atoms with van der Waals surface area (Å²) in [5, 5.41) is 3.33. The van der Waals surface area contributed by atoms with Crippen LogP contribution >= 0.6 is 0 Å². The van der Waals surface area contributed by atoms with Crippen molar-refractivity contribution in [1.82, 2.24) is 4.98 Å². The number of hydrogen-bond donors (Lipinski definition) is 1. The third-order valence-electron chi connectivity index (χ3n) is 5.13. The number of fused-ring (bicyclic) bond motifs is 4. The summed E-state index contributed by atoms with van der Waals surface area (Å²) in [6.07, 6.45) is 1.71. The SMILES string of the molecule is O=C1Oc2ccc(F)cc2[C@H]2Nc3ncccc3[C@@H](c3ccccc3)[C@H]12. The van der Waals surface area contributed by atoms with Gasteiger partial charge in [-0.15, -0.1) is 0 Å². The summed E-state index contributed by atoms with van der Waals surface area (Å²) in [6, 6.07) is 17.5. The highest BCUT2D eigenvalue weighted by Gasteiger charge is 2.47. The van der Waals surface area contributed by atoms with Crippen LogP contribution < -0.4 is 10.1 Å². The number of benzene rings is 2. The predicted octanol–water partition coefficient (Wildman–Crippen LogP) is 4.05. The molecule has 0 fully saturated rings. The van der Waals surface area contributed by atoms with E-state index in [9.17, 15) is 9.18 Å². The van der Waals surface area contributed by atoms with E-state index >= 15 is 0 Å². The first-order valence-electron chi connectivity index (χ1n) is 8.50. The Morgan fingerprint density at radius 1 is 1.00 bits per heavy atom. The number of aromatic nitrogens is 1. The minimum atomic E-state index is -0.497. The zero-order chi connectivity index (χ0) is 17.7. The molecule has 5 rings (SSSR count). The Labute approximate surface area is 149 Å². The van der Waals surface area contributed by atoms with E-state index in [1.54, 1.807) is 6.20 Å². The molecule has 128 valence electrons. The van der Waals surface area contributed by atoms with Gasteiger partial charge < -0.3 is 10.1 Å². The van der Waals surface area contributed by atoms with Crippen molar-refractivity contribution in [1.29, 1.82) is 0 Å². The molecule has 2 aromatic carbocycles. The lowest BCUT2D eigenvalue weighted by Gasteiger charge is -2.41. The van der Waals surface area contributed by atoms with E-state index in [4.69, 9.17) is 4.74 Å². The summed E-state index contributed by atoms with van der Waals surface area (Å²) < 4.78 is 19.4. The molecule has 0 bridgehead atoms. The van der Waals surface area contributed by atoms with Crippen LogP contribution in [0.25, 0.3) is 0 Å². The molecule has 0 radical (unpaired) electrons. The maximum Gasteiger partial charge on any atom is 0.317 e. The van der Waals surface area contributed by atoms with Gasteiger partial charge >= 0.3 is 5.97 Å². The summed E-state index contributed by atoms with van der Waals surface area (Å²) >= 11 is 0. The third kappa shape index (κ3) is 2.20. The third-order valence-corrected chi connectivity index (χ3v) is 5.13. The second-order valence-corrected chi connectivity index (χ2v) is 6.58. The molecule has 4 nitrogen and oxygen atoms in total. The highest BCUT2D eigenvalue weighted by atomic mass is 19.1. The number of rotatable bonds is 1. The minimum Gasteiger partial charge on any atom is -0.426 e. The first-order chi connectivity index (χ1) is 12.7. The lowest BCUT2D eigenvalue weighted by Crippen LogP contribution is -2.42. The van der Waals surface area contributed by atoms with Crippen molar-refractivity contribution in [2.24, 2.45) is 5.92 Å². The van der Waals surface area contributed by atoms with Gasteiger partial charge in [0.25, 0.3) is 0 Å². The molecule has 5 heteroatoms. The fourth-order valence-corrected chi connectivity index (χ4v) is 4.03. The van der Waals surface area contributed by atoms with Crippen LogP contribution in [0, 0.1) is 11.7 Å². The molecule has 1 aromatic heterocycles. The topological polar surface area (TPSA) is 51.2 Å². The fourth-order valence-electron chi connectivity index (χ4n) is 4.03. The second-order valence-electron chi connectivity index (χ2n) is 6.58. The van der Waals surface area contributed by atoms with Crippen molar-refractivity contribution < 1.29 is 13.9 Å². The average Bonchev–Trinajstić information content (AvgIpc) is 2.68. The number of anilines is 1. The minimum absolute atomic E-state index is 0.213. The van der Waals surface area contributed by atoms with Crippen LogP contribution in [0.15, 0.2) is 66.9 Å². The van der Waals surface area contributed by atoms with Gasteiger partial charge in [0, 0.05) is 23.2 Å². The number of carbonyl (C=O) groups excluding carboxylic acids is 1. The van der Waals surface area contributed by atoms with Crippen LogP contribution in [0.4, 0.5) is 10.2 Å². The number of nitrogens with zero attached hydrogens (tertiary/aromatic N) is 1. The monoisotopic (exact) mass is 346 g/mol. The van der Waals surface area contributed by atoms with Gasteiger partial charge in [-0.05, 0) is 29.8 Å². The number of nitrogens with one attached hydrogen (secondary N) is 1. The first kappa shape index (κ1) is 15.1. The molecule has 3 aromatic rings. The summed E-state index contributed by atoms with van der Waals surface area (Å²) in [6.45, 7) is 0. The van der Waals surface area contributed by atoms with Gasteiger partial charge in [0.2, 0.25) is 0 Å². The van der Waals surface area contributed by atoms with Crippen LogP contribution in [0.5, 0.6) is 5.75 Å². The molecule has 0 aliphatic carbocycles. The van der Waals surface area contributed by atoms with E-state index in [0.29, 0.717) is 17.1 Å². The van der Waals surface area contributed by atoms with Gasteiger partial charge in [0.05, 0.1) is 12.0 Å². The van der Waals surface area contributed by atoms with Crippen LogP contribution in [0.2, 0.25) is 0 Å². The Balaban J connectivity index is 1.74. The van der Waals surface area contributed by atoms with Crippen molar-refractivity contribution in [3.63, 3.8) is 0 Å². The van der Waals surface area contributed by atoms with E-state index < -0.39 is 12.0 Å². The molecule has 2 aliphatic rings. The van der Waals surface area contributed by atoms with Gasteiger partial charge in [-0.1, -0.05) is 36.4 Å². The van der Waals surface area contributed by atoms with Gasteiger partial charge in [-0.3, -0.25) is 4.79 Å². The van der Waals surface area contributed by atoms with Crippen molar-refractivity contribution >= 4 is 11.8 Å². The molecule has 26 heavy (non-hydrogen) atoms. The Morgan fingerprint density at radius 2 is 1.85 bits per heavy atom. The van der Waals surface area contributed by atoms with E-state index in [0.717, 1.165) is 11.1 Å². The standard InChI is InChI=1S/C21H15FN2O2/c22-13-8-9-16-15(11-13)19-18(21(25)26-16)17(12-5-2-1-3-6-12)14-7-4-10-23-20(14)24-19/h1-11,17-19H,(H,23,24)/t17-,18+,19-/m1/s1. The average molecular weight is 346 g/mol. The highest BCUT2D eigenvalue weighted by molar-refractivity contribution is 5.83. The Kier molecular flexibility index (Phi) is 3.28. The number of ether oxygens (including phenoxy) is 1. The summed E-state index contributed by atoms with van der Waals surface area (Å²) in [5.41, 5.74) is 2.60. The van der Waals surface area contributed by atoms with E-state index in [1.165, 1.54) is 18.2 Å². The normalized spacial score (nSPS) is 23.1. The van der Waals surface area contributed by atoms with Crippen LogP contribution in [-0.2, 0) is 4.79 Å². The zero-order valence-corrected chi connectivity index (χ0v) is 13.7. The van der Waals surface area contributed by atoms with Crippen molar-refractivity contribution in [2.45, 2.75) is 12.0 Å². The lowest BCUT2D eigenvalue weighted by molar-refractivity contribution is -0.141. The molecule has 3 atom stereocenters. The maximum absolute atomic E-state index is 13.9. The molecule has 0 saturated heterocycles. The summed E-state index contributed by atoms with van der Waals surface area (Å²) in [5.74, 6) is -0.266.